The van der Waals surface area contributed by atoms with Gasteiger partial charge in [0.25, 0.3) is 5.91 Å². The van der Waals surface area contributed by atoms with E-state index in [9.17, 15) is 4.79 Å². The highest BCUT2D eigenvalue weighted by Crippen LogP contribution is 2.17. The van der Waals surface area contributed by atoms with Crippen molar-refractivity contribution < 1.29 is 9.53 Å². The minimum absolute atomic E-state index is 0.0489. The van der Waals surface area contributed by atoms with Crippen molar-refractivity contribution in [2.45, 2.75) is 6.92 Å². The molecule has 24 heavy (non-hydrogen) atoms. The van der Waals surface area contributed by atoms with Gasteiger partial charge in [-0.2, -0.15) is 0 Å². The lowest BCUT2D eigenvalue weighted by Gasteiger charge is -2.18. The molecule has 3 aromatic rings. The number of amides is 1. The Hall–Kier alpha value is -2.88. The van der Waals surface area contributed by atoms with Crippen molar-refractivity contribution in [3.05, 3.63) is 71.9 Å². The maximum atomic E-state index is 12.7. The zero-order valence-electron chi connectivity index (χ0n) is 13.9. The van der Waals surface area contributed by atoms with Gasteiger partial charge in [-0.25, -0.2) is 0 Å². The Kier molecular flexibility index (Phi) is 4.75. The van der Waals surface area contributed by atoms with Crippen molar-refractivity contribution >= 4 is 16.8 Å². The molecule has 0 radical (unpaired) electrons. The van der Waals surface area contributed by atoms with Crippen LogP contribution in [0.15, 0.2) is 60.8 Å². The molecule has 1 heterocycles. The van der Waals surface area contributed by atoms with Crippen LogP contribution in [0.25, 0.3) is 10.9 Å². The molecule has 0 spiro atoms. The Morgan fingerprint density at radius 2 is 1.92 bits per heavy atom. The number of likely N-dealkylation sites (N-methyl/N-ethyl adjacent to an activating group) is 1. The molecule has 4 heteroatoms. The Balaban J connectivity index is 1.66. The Bertz CT molecular complexity index is 856. The number of rotatable bonds is 5. The molecule has 4 nitrogen and oxygen atoms in total. The highest BCUT2D eigenvalue weighted by Gasteiger charge is 2.15. The molecule has 0 bridgehead atoms. The van der Waals surface area contributed by atoms with E-state index in [1.54, 1.807) is 18.1 Å². The van der Waals surface area contributed by atoms with E-state index < -0.39 is 0 Å². The van der Waals surface area contributed by atoms with E-state index in [2.05, 4.69) is 4.98 Å². The smallest absolute Gasteiger partial charge is 0.255 e. The first-order chi connectivity index (χ1) is 11.6. The van der Waals surface area contributed by atoms with Crippen LogP contribution in [-0.4, -0.2) is 36.0 Å². The van der Waals surface area contributed by atoms with Crippen molar-refractivity contribution in [2.75, 3.05) is 20.2 Å². The van der Waals surface area contributed by atoms with Gasteiger partial charge in [0.2, 0.25) is 0 Å². The van der Waals surface area contributed by atoms with E-state index in [0.717, 1.165) is 22.2 Å². The Labute approximate surface area is 141 Å². The highest BCUT2D eigenvalue weighted by molar-refractivity contribution is 6.05. The van der Waals surface area contributed by atoms with Crippen LogP contribution in [0.4, 0.5) is 0 Å². The minimum atomic E-state index is -0.0489. The molecule has 3 rings (SSSR count). The Morgan fingerprint density at radius 1 is 1.12 bits per heavy atom. The largest absolute Gasteiger partial charge is 0.492 e. The third kappa shape index (κ3) is 3.54. The van der Waals surface area contributed by atoms with E-state index in [0.29, 0.717) is 18.7 Å². The molecule has 0 fully saturated rings. The summed E-state index contributed by atoms with van der Waals surface area (Å²) < 4.78 is 5.72. The molecule has 0 unspecified atom stereocenters. The number of hydrogen-bond acceptors (Lipinski definition) is 3. The fourth-order valence-electron chi connectivity index (χ4n) is 2.59. The van der Waals surface area contributed by atoms with Gasteiger partial charge in [-0.3, -0.25) is 9.78 Å². The number of pyridine rings is 1. The number of carbonyl (C=O) groups is 1. The van der Waals surface area contributed by atoms with Crippen molar-refractivity contribution in [2.24, 2.45) is 0 Å². The van der Waals surface area contributed by atoms with Crippen LogP contribution in [0.5, 0.6) is 5.75 Å². The molecule has 122 valence electrons. The van der Waals surface area contributed by atoms with Crippen LogP contribution in [0.2, 0.25) is 0 Å². The number of nitrogens with zero attached hydrogens (tertiary/aromatic N) is 2. The number of aryl methyl sites for hydroxylation is 1. The maximum Gasteiger partial charge on any atom is 0.255 e. The molecule has 2 aromatic carbocycles. The summed E-state index contributed by atoms with van der Waals surface area (Å²) in [6, 6.07) is 17.4. The third-order valence-corrected chi connectivity index (χ3v) is 3.89. The van der Waals surface area contributed by atoms with Gasteiger partial charge in [-0.05, 0) is 36.8 Å². The lowest BCUT2D eigenvalue weighted by atomic mass is 10.1. The van der Waals surface area contributed by atoms with Gasteiger partial charge < -0.3 is 9.64 Å². The lowest BCUT2D eigenvalue weighted by molar-refractivity contribution is 0.0775. The molecule has 0 atom stereocenters. The molecule has 0 aliphatic rings. The van der Waals surface area contributed by atoms with Crippen molar-refractivity contribution in [1.29, 1.82) is 0 Å². The number of aromatic nitrogens is 1. The topological polar surface area (TPSA) is 42.4 Å². The number of hydrogen-bond donors (Lipinski definition) is 0. The van der Waals surface area contributed by atoms with E-state index >= 15 is 0 Å². The normalized spacial score (nSPS) is 10.6. The van der Waals surface area contributed by atoms with Gasteiger partial charge >= 0.3 is 0 Å². The van der Waals surface area contributed by atoms with Crippen LogP contribution in [0.3, 0.4) is 0 Å². The van der Waals surface area contributed by atoms with Crippen LogP contribution in [0, 0.1) is 6.92 Å². The highest BCUT2D eigenvalue weighted by atomic mass is 16.5. The second-order valence-electron chi connectivity index (χ2n) is 5.77. The molecular formula is C20H20N2O2. The predicted molar refractivity (Wildman–Crippen MR) is 95.4 cm³/mol. The Morgan fingerprint density at radius 3 is 2.75 bits per heavy atom. The fourth-order valence-corrected chi connectivity index (χ4v) is 2.59. The average molecular weight is 320 g/mol. The standard InChI is InChI=1S/C20H20N2O2/c1-15-6-3-9-17(14-15)24-13-12-22(2)20(23)18-10-4-7-16-8-5-11-21-19(16)18/h3-11,14H,12-13H2,1-2H3. The van der Waals surface area contributed by atoms with E-state index in [1.165, 1.54) is 0 Å². The molecule has 0 saturated carbocycles. The van der Waals surface area contributed by atoms with E-state index in [-0.39, 0.29) is 5.91 Å². The van der Waals surface area contributed by atoms with Crippen molar-refractivity contribution in [3.63, 3.8) is 0 Å². The number of ether oxygens (including phenoxy) is 1. The van der Waals surface area contributed by atoms with Gasteiger partial charge in [-0.15, -0.1) is 0 Å². The quantitative estimate of drug-likeness (QED) is 0.720. The van der Waals surface area contributed by atoms with Gasteiger partial charge in [0.05, 0.1) is 17.6 Å². The monoisotopic (exact) mass is 320 g/mol. The summed E-state index contributed by atoms with van der Waals surface area (Å²) in [6.07, 6.45) is 1.71. The number of carbonyl (C=O) groups excluding carboxylic acids is 1. The summed E-state index contributed by atoms with van der Waals surface area (Å²) in [7, 11) is 1.78. The van der Waals surface area contributed by atoms with Crippen LogP contribution in [0.1, 0.15) is 15.9 Å². The molecule has 0 saturated heterocycles. The van der Waals surface area contributed by atoms with Crippen molar-refractivity contribution in [1.82, 2.24) is 9.88 Å². The number of benzene rings is 2. The molecule has 0 aliphatic carbocycles. The summed E-state index contributed by atoms with van der Waals surface area (Å²) in [4.78, 5) is 18.7. The molecule has 1 aromatic heterocycles. The summed E-state index contributed by atoms with van der Waals surface area (Å²) in [5.74, 6) is 0.773. The number of para-hydroxylation sites is 1. The maximum absolute atomic E-state index is 12.7. The summed E-state index contributed by atoms with van der Waals surface area (Å²) in [5.41, 5.74) is 2.50. The van der Waals surface area contributed by atoms with Crippen LogP contribution >= 0.6 is 0 Å². The van der Waals surface area contributed by atoms with Gasteiger partial charge in [0.1, 0.15) is 12.4 Å². The average Bonchev–Trinajstić information content (AvgIpc) is 2.60. The summed E-state index contributed by atoms with van der Waals surface area (Å²) in [5, 5.41) is 0.966. The molecular weight excluding hydrogens is 300 g/mol. The van der Waals surface area contributed by atoms with Gasteiger partial charge in [-0.1, -0.05) is 30.3 Å². The van der Waals surface area contributed by atoms with Crippen LogP contribution in [-0.2, 0) is 0 Å². The first-order valence-electron chi connectivity index (χ1n) is 7.94. The first-order valence-corrected chi connectivity index (χ1v) is 7.94. The molecule has 0 N–H and O–H groups in total. The lowest BCUT2D eigenvalue weighted by Crippen LogP contribution is -2.31. The summed E-state index contributed by atoms with van der Waals surface area (Å²) in [6.45, 7) is 2.98. The molecule has 0 aliphatic heterocycles. The van der Waals surface area contributed by atoms with E-state index in [1.807, 2.05) is 61.5 Å². The van der Waals surface area contributed by atoms with Gasteiger partial charge in [0.15, 0.2) is 0 Å². The second-order valence-corrected chi connectivity index (χ2v) is 5.77. The summed E-state index contributed by atoms with van der Waals surface area (Å²) >= 11 is 0. The minimum Gasteiger partial charge on any atom is -0.492 e. The zero-order chi connectivity index (χ0) is 16.9. The predicted octanol–water partition coefficient (Wildman–Crippen LogP) is 3.69. The van der Waals surface area contributed by atoms with Gasteiger partial charge in [0, 0.05) is 18.6 Å². The van der Waals surface area contributed by atoms with E-state index in [4.69, 9.17) is 4.74 Å². The first kappa shape index (κ1) is 16.0. The van der Waals surface area contributed by atoms with Crippen molar-refractivity contribution in [3.8, 4) is 5.75 Å². The fraction of sp³-hybridized carbons (Fsp3) is 0.200. The molecule has 1 amide bonds. The van der Waals surface area contributed by atoms with Crippen LogP contribution < -0.4 is 4.74 Å². The second kappa shape index (κ2) is 7.13. The third-order valence-electron chi connectivity index (χ3n) is 3.89. The zero-order valence-corrected chi connectivity index (χ0v) is 13.9. The number of fused-ring (bicyclic) bond motifs is 1. The SMILES string of the molecule is Cc1cccc(OCCN(C)C(=O)c2cccc3cccnc23)c1.